The van der Waals surface area contributed by atoms with E-state index in [9.17, 15) is 0 Å². The molecule has 1 unspecified atom stereocenters. The Morgan fingerprint density at radius 2 is 2.15 bits per heavy atom. The average molecular weight is 181 g/mol. The first-order valence-corrected chi connectivity index (χ1v) is 5.70. The Hall–Kier alpha value is -0.300. The summed E-state index contributed by atoms with van der Waals surface area (Å²) in [5.41, 5.74) is 0. The van der Waals surface area contributed by atoms with Crippen molar-refractivity contribution in [2.24, 2.45) is 0 Å². The van der Waals surface area contributed by atoms with Gasteiger partial charge in [0.2, 0.25) is 0 Å². The molecule has 0 aromatic heterocycles. The molecule has 1 nitrogen and oxygen atoms in total. The van der Waals surface area contributed by atoms with Crippen LogP contribution in [0.15, 0.2) is 12.2 Å². The molecule has 1 heteroatoms. The molecule has 1 rings (SSSR count). The summed E-state index contributed by atoms with van der Waals surface area (Å²) in [4.78, 5) is 2.53. The molecular weight excluding hydrogens is 158 g/mol. The third-order valence-corrected chi connectivity index (χ3v) is 2.99. The van der Waals surface area contributed by atoms with Gasteiger partial charge in [0.25, 0.3) is 0 Å². The zero-order valence-corrected chi connectivity index (χ0v) is 9.13. The van der Waals surface area contributed by atoms with Crippen LogP contribution in [0.1, 0.15) is 45.4 Å². The number of likely N-dealkylation sites (tertiary alicyclic amines) is 1. The van der Waals surface area contributed by atoms with Crippen molar-refractivity contribution in [1.82, 2.24) is 4.90 Å². The summed E-state index contributed by atoms with van der Waals surface area (Å²) < 4.78 is 0. The molecule has 0 aliphatic carbocycles. The second-order valence-corrected chi connectivity index (χ2v) is 4.09. The van der Waals surface area contributed by atoms with Crippen LogP contribution in [-0.4, -0.2) is 24.5 Å². The second kappa shape index (κ2) is 6.20. The van der Waals surface area contributed by atoms with Crippen LogP contribution < -0.4 is 0 Å². The van der Waals surface area contributed by atoms with E-state index >= 15 is 0 Å². The summed E-state index contributed by atoms with van der Waals surface area (Å²) in [6.07, 6.45) is 12.7. The summed E-state index contributed by atoms with van der Waals surface area (Å²) in [7, 11) is 2.27. The van der Waals surface area contributed by atoms with Crippen LogP contribution in [0.3, 0.4) is 0 Å². The van der Waals surface area contributed by atoms with Crippen molar-refractivity contribution in [3.8, 4) is 0 Å². The van der Waals surface area contributed by atoms with Crippen LogP contribution >= 0.6 is 0 Å². The van der Waals surface area contributed by atoms with Crippen molar-refractivity contribution in [3.05, 3.63) is 12.2 Å². The van der Waals surface area contributed by atoms with E-state index in [4.69, 9.17) is 0 Å². The lowest BCUT2D eigenvalue weighted by Crippen LogP contribution is -2.35. The fraction of sp³-hybridized carbons (Fsp3) is 0.833. The highest BCUT2D eigenvalue weighted by Gasteiger charge is 2.17. The number of piperidine rings is 1. The van der Waals surface area contributed by atoms with Gasteiger partial charge in [0.05, 0.1) is 0 Å². The molecule has 0 saturated carbocycles. The molecule has 1 heterocycles. The zero-order chi connectivity index (χ0) is 9.52. The smallest absolute Gasteiger partial charge is 0.00951 e. The van der Waals surface area contributed by atoms with Gasteiger partial charge in [-0.2, -0.15) is 0 Å². The summed E-state index contributed by atoms with van der Waals surface area (Å²) in [5, 5.41) is 0. The number of hydrogen-bond donors (Lipinski definition) is 0. The summed E-state index contributed by atoms with van der Waals surface area (Å²) in [6.45, 7) is 3.51. The van der Waals surface area contributed by atoms with E-state index in [0.717, 1.165) is 6.04 Å². The molecule has 1 saturated heterocycles. The number of nitrogens with zero attached hydrogens (tertiary/aromatic N) is 1. The maximum atomic E-state index is 2.53. The molecule has 1 atom stereocenters. The van der Waals surface area contributed by atoms with Crippen molar-refractivity contribution >= 4 is 0 Å². The van der Waals surface area contributed by atoms with E-state index in [-0.39, 0.29) is 0 Å². The predicted molar refractivity (Wildman–Crippen MR) is 58.9 cm³/mol. The monoisotopic (exact) mass is 181 g/mol. The predicted octanol–water partition coefficient (Wildman–Crippen LogP) is 3.22. The molecule has 1 fully saturated rings. The molecule has 0 amide bonds. The molecule has 0 bridgehead atoms. The van der Waals surface area contributed by atoms with Crippen LogP contribution in [0.5, 0.6) is 0 Å². The van der Waals surface area contributed by atoms with E-state index in [1.807, 2.05) is 0 Å². The van der Waals surface area contributed by atoms with Crippen molar-refractivity contribution in [3.63, 3.8) is 0 Å². The van der Waals surface area contributed by atoms with Crippen LogP contribution in [0.4, 0.5) is 0 Å². The number of hydrogen-bond acceptors (Lipinski definition) is 1. The second-order valence-electron chi connectivity index (χ2n) is 4.09. The van der Waals surface area contributed by atoms with Gasteiger partial charge in [-0.05, 0) is 45.7 Å². The lowest BCUT2D eigenvalue weighted by atomic mass is 9.98. The van der Waals surface area contributed by atoms with Crippen molar-refractivity contribution < 1.29 is 0 Å². The van der Waals surface area contributed by atoms with Gasteiger partial charge in [-0.15, -0.1) is 0 Å². The highest BCUT2D eigenvalue weighted by Crippen LogP contribution is 2.18. The summed E-state index contributed by atoms with van der Waals surface area (Å²) in [5.74, 6) is 0. The molecule has 0 aromatic carbocycles. The normalized spacial score (nSPS) is 25.5. The van der Waals surface area contributed by atoms with Crippen LogP contribution in [-0.2, 0) is 0 Å². The standard InChI is InChI=1S/C12H23N/c1-3-4-5-6-9-12-10-7-8-11-13(12)2/h4-5,12H,3,6-11H2,1-2H3. The van der Waals surface area contributed by atoms with Gasteiger partial charge in [-0.25, -0.2) is 0 Å². The Kier molecular flexibility index (Phi) is 5.14. The first kappa shape index (κ1) is 10.8. The zero-order valence-electron chi connectivity index (χ0n) is 9.13. The maximum Gasteiger partial charge on any atom is 0.00951 e. The first-order valence-electron chi connectivity index (χ1n) is 5.70. The summed E-state index contributed by atoms with van der Waals surface area (Å²) >= 11 is 0. The van der Waals surface area contributed by atoms with Crippen molar-refractivity contribution in [2.45, 2.75) is 51.5 Å². The molecule has 0 spiro atoms. The third kappa shape index (κ3) is 3.95. The van der Waals surface area contributed by atoms with Crippen molar-refractivity contribution in [1.29, 1.82) is 0 Å². The van der Waals surface area contributed by atoms with Gasteiger partial charge in [0.15, 0.2) is 0 Å². The quantitative estimate of drug-likeness (QED) is 0.602. The molecule has 1 aliphatic rings. The van der Waals surface area contributed by atoms with Gasteiger partial charge in [-0.1, -0.05) is 25.5 Å². The molecule has 13 heavy (non-hydrogen) atoms. The number of allylic oxidation sites excluding steroid dienone is 2. The van der Waals surface area contributed by atoms with Crippen LogP contribution in [0, 0.1) is 0 Å². The lowest BCUT2D eigenvalue weighted by molar-refractivity contribution is 0.177. The largest absolute Gasteiger partial charge is 0.303 e. The Morgan fingerprint density at radius 1 is 1.31 bits per heavy atom. The minimum Gasteiger partial charge on any atom is -0.303 e. The van der Waals surface area contributed by atoms with Crippen LogP contribution in [0.2, 0.25) is 0 Å². The fourth-order valence-corrected chi connectivity index (χ4v) is 2.08. The highest BCUT2D eigenvalue weighted by atomic mass is 15.1. The molecule has 76 valence electrons. The van der Waals surface area contributed by atoms with Gasteiger partial charge in [-0.3, -0.25) is 0 Å². The van der Waals surface area contributed by atoms with Gasteiger partial charge in [0.1, 0.15) is 0 Å². The minimum atomic E-state index is 0.857. The minimum absolute atomic E-state index is 0.857. The molecule has 0 radical (unpaired) electrons. The third-order valence-electron chi connectivity index (χ3n) is 2.99. The molecular formula is C12H23N. The topological polar surface area (TPSA) is 3.24 Å². The Balaban J connectivity index is 2.15. The fourth-order valence-electron chi connectivity index (χ4n) is 2.08. The molecule has 0 aromatic rings. The molecule has 1 aliphatic heterocycles. The van der Waals surface area contributed by atoms with E-state index in [1.54, 1.807) is 0 Å². The van der Waals surface area contributed by atoms with Crippen LogP contribution in [0.25, 0.3) is 0 Å². The van der Waals surface area contributed by atoms with Gasteiger partial charge >= 0.3 is 0 Å². The highest BCUT2D eigenvalue weighted by molar-refractivity contribution is 4.83. The van der Waals surface area contributed by atoms with Gasteiger partial charge in [0, 0.05) is 6.04 Å². The van der Waals surface area contributed by atoms with Gasteiger partial charge < -0.3 is 4.90 Å². The SMILES string of the molecule is CCC=CCCC1CCCCN1C. The Labute approximate surface area is 82.8 Å². The molecule has 0 N–H and O–H groups in total. The van der Waals surface area contributed by atoms with E-state index in [0.29, 0.717) is 0 Å². The van der Waals surface area contributed by atoms with E-state index in [1.165, 1.54) is 45.1 Å². The lowest BCUT2D eigenvalue weighted by Gasteiger charge is -2.32. The number of rotatable bonds is 4. The van der Waals surface area contributed by atoms with E-state index < -0.39 is 0 Å². The Bertz CT molecular complexity index is 151. The van der Waals surface area contributed by atoms with Crippen molar-refractivity contribution in [2.75, 3.05) is 13.6 Å². The Morgan fingerprint density at radius 3 is 2.85 bits per heavy atom. The average Bonchev–Trinajstić information content (AvgIpc) is 2.15. The maximum absolute atomic E-state index is 2.53. The van der Waals surface area contributed by atoms with E-state index in [2.05, 4.69) is 31.0 Å². The summed E-state index contributed by atoms with van der Waals surface area (Å²) in [6, 6.07) is 0.857. The first-order chi connectivity index (χ1) is 6.34.